The lowest BCUT2D eigenvalue weighted by Crippen LogP contribution is -2.50. The smallest absolute Gasteiger partial charge is 0.319 e. The molecule has 1 aliphatic heterocycles. The van der Waals surface area contributed by atoms with Gasteiger partial charge >= 0.3 is 6.03 Å². The van der Waals surface area contributed by atoms with Crippen LogP contribution in [0.5, 0.6) is 0 Å². The minimum Gasteiger partial charge on any atom is -0.349 e. The van der Waals surface area contributed by atoms with Crippen LogP contribution >= 0.6 is 0 Å². The quantitative estimate of drug-likeness (QED) is 0.922. The van der Waals surface area contributed by atoms with Crippen LogP contribution in [0.2, 0.25) is 0 Å². The molecule has 132 valence electrons. The Labute approximate surface area is 145 Å². The maximum absolute atomic E-state index is 12.4. The monoisotopic (exact) mass is 331 g/mol. The van der Waals surface area contributed by atoms with Crippen LogP contribution in [0.1, 0.15) is 48.2 Å². The molecule has 3 amide bonds. The Morgan fingerprint density at radius 3 is 2.29 bits per heavy atom. The summed E-state index contributed by atoms with van der Waals surface area (Å²) in [5, 5.41) is 3.11. The molecule has 1 heterocycles. The van der Waals surface area contributed by atoms with Crippen molar-refractivity contribution in [2.24, 2.45) is 0 Å². The number of nitrogens with zero attached hydrogens (tertiary/aromatic N) is 2. The first-order valence-corrected chi connectivity index (χ1v) is 8.88. The van der Waals surface area contributed by atoms with Crippen molar-refractivity contribution in [3.05, 3.63) is 34.9 Å². The molecule has 0 bridgehead atoms. The Hall–Kier alpha value is -2.04. The predicted octanol–water partition coefficient (Wildman–Crippen LogP) is 2.96. The van der Waals surface area contributed by atoms with Crippen molar-refractivity contribution in [2.45, 2.75) is 46.6 Å². The van der Waals surface area contributed by atoms with Crippen molar-refractivity contribution in [1.29, 1.82) is 0 Å². The Balaban J connectivity index is 1.87. The minimum absolute atomic E-state index is 0.0216. The average molecular weight is 331 g/mol. The molecule has 1 N–H and O–H groups in total. The van der Waals surface area contributed by atoms with Gasteiger partial charge in [-0.3, -0.25) is 4.79 Å². The van der Waals surface area contributed by atoms with Gasteiger partial charge in [0.2, 0.25) is 0 Å². The number of amides is 3. The van der Waals surface area contributed by atoms with Crippen LogP contribution in [-0.4, -0.2) is 54.0 Å². The lowest BCUT2D eigenvalue weighted by molar-refractivity contribution is 0.0911. The van der Waals surface area contributed by atoms with Crippen LogP contribution in [0, 0.1) is 13.8 Å². The summed E-state index contributed by atoms with van der Waals surface area (Å²) < 4.78 is 0. The molecule has 24 heavy (non-hydrogen) atoms. The molecule has 0 radical (unpaired) electrons. The standard InChI is InChI=1S/C19H29N3O2/c1-5-21(6-2)19(24)22-11-9-17(10-12-22)20-18(23)16-8-7-14(3)15(4)13-16/h7-8,13,17H,5-6,9-12H2,1-4H3,(H,20,23). The maximum Gasteiger partial charge on any atom is 0.319 e. The summed E-state index contributed by atoms with van der Waals surface area (Å²) in [6.07, 6.45) is 1.62. The highest BCUT2D eigenvalue weighted by atomic mass is 16.2. The van der Waals surface area contributed by atoms with Crippen molar-refractivity contribution in [3.8, 4) is 0 Å². The molecule has 1 aromatic rings. The van der Waals surface area contributed by atoms with Crippen LogP contribution in [0.3, 0.4) is 0 Å². The second-order valence-electron chi connectivity index (χ2n) is 6.49. The van der Waals surface area contributed by atoms with Crippen molar-refractivity contribution in [2.75, 3.05) is 26.2 Å². The number of piperidine rings is 1. The summed E-state index contributed by atoms with van der Waals surface area (Å²) in [6.45, 7) is 10.9. The number of aryl methyl sites for hydroxylation is 2. The molecule has 0 spiro atoms. The number of likely N-dealkylation sites (tertiary alicyclic amines) is 1. The zero-order valence-corrected chi connectivity index (χ0v) is 15.3. The number of hydrogen-bond acceptors (Lipinski definition) is 2. The number of carbonyl (C=O) groups excluding carboxylic acids is 2. The molecule has 1 fully saturated rings. The first kappa shape index (κ1) is 18.3. The van der Waals surface area contributed by atoms with Gasteiger partial charge in [0.25, 0.3) is 5.91 Å². The normalized spacial score (nSPS) is 15.2. The van der Waals surface area contributed by atoms with Gasteiger partial charge in [-0.1, -0.05) is 6.07 Å². The average Bonchev–Trinajstić information content (AvgIpc) is 2.59. The van der Waals surface area contributed by atoms with E-state index in [-0.39, 0.29) is 18.0 Å². The summed E-state index contributed by atoms with van der Waals surface area (Å²) in [4.78, 5) is 28.5. The van der Waals surface area contributed by atoms with Gasteiger partial charge in [0.05, 0.1) is 0 Å². The summed E-state index contributed by atoms with van der Waals surface area (Å²) in [5.74, 6) is -0.0216. The fourth-order valence-corrected chi connectivity index (χ4v) is 3.06. The van der Waals surface area contributed by atoms with Crippen LogP contribution < -0.4 is 5.32 Å². The van der Waals surface area contributed by atoms with E-state index in [1.54, 1.807) is 0 Å². The van der Waals surface area contributed by atoms with Crippen molar-refractivity contribution < 1.29 is 9.59 Å². The number of hydrogen-bond donors (Lipinski definition) is 1. The van der Waals surface area contributed by atoms with Crippen molar-refractivity contribution >= 4 is 11.9 Å². The van der Waals surface area contributed by atoms with Crippen molar-refractivity contribution in [1.82, 2.24) is 15.1 Å². The largest absolute Gasteiger partial charge is 0.349 e. The van der Waals surface area contributed by atoms with Crippen LogP contribution in [0.15, 0.2) is 18.2 Å². The molecule has 0 saturated carbocycles. The molecule has 5 nitrogen and oxygen atoms in total. The second kappa shape index (κ2) is 8.18. The summed E-state index contributed by atoms with van der Waals surface area (Å²) >= 11 is 0. The molecule has 2 rings (SSSR count). The van der Waals surface area contributed by atoms with Crippen LogP contribution in [0.4, 0.5) is 4.79 Å². The van der Waals surface area contributed by atoms with Crippen LogP contribution in [0.25, 0.3) is 0 Å². The van der Waals surface area contributed by atoms with E-state index in [2.05, 4.69) is 5.32 Å². The first-order chi connectivity index (χ1) is 11.5. The Morgan fingerprint density at radius 1 is 1.12 bits per heavy atom. The second-order valence-corrected chi connectivity index (χ2v) is 6.49. The molecule has 1 aliphatic rings. The number of carbonyl (C=O) groups is 2. The highest BCUT2D eigenvalue weighted by molar-refractivity contribution is 5.94. The Kier molecular flexibility index (Phi) is 6.23. The van der Waals surface area contributed by atoms with E-state index >= 15 is 0 Å². The molecule has 0 atom stereocenters. The Bertz CT molecular complexity index is 588. The molecule has 0 unspecified atom stereocenters. The molecule has 1 aromatic carbocycles. The van der Waals surface area contributed by atoms with Gasteiger partial charge in [-0.05, 0) is 63.8 Å². The highest BCUT2D eigenvalue weighted by Gasteiger charge is 2.26. The molecule has 1 saturated heterocycles. The van der Waals surface area contributed by atoms with Crippen molar-refractivity contribution in [3.63, 3.8) is 0 Å². The van der Waals surface area contributed by atoms with E-state index in [0.717, 1.165) is 31.5 Å². The van der Waals surface area contributed by atoms with Crippen LogP contribution in [-0.2, 0) is 0 Å². The first-order valence-electron chi connectivity index (χ1n) is 8.88. The molecule has 5 heteroatoms. The van der Waals surface area contributed by atoms with Gasteiger partial charge in [0.15, 0.2) is 0 Å². The van der Waals surface area contributed by atoms with Gasteiger partial charge < -0.3 is 15.1 Å². The third-order valence-corrected chi connectivity index (χ3v) is 4.90. The third-order valence-electron chi connectivity index (χ3n) is 4.90. The third kappa shape index (κ3) is 4.28. The van der Waals surface area contributed by atoms with Gasteiger partial charge in [-0.15, -0.1) is 0 Å². The zero-order chi connectivity index (χ0) is 17.7. The Morgan fingerprint density at radius 2 is 1.75 bits per heavy atom. The summed E-state index contributed by atoms with van der Waals surface area (Å²) in [6, 6.07) is 6.04. The van der Waals surface area contributed by atoms with Gasteiger partial charge in [0, 0.05) is 37.8 Å². The van der Waals surface area contributed by atoms with Gasteiger partial charge in [0.1, 0.15) is 0 Å². The van der Waals surface area contributed by atoms with E-state index in [9.17, 15) is 9.59 Å². The molecule has 0 aliphatic carbocycles. The zero-order valence-electron chi connectivity index (χ0n) is 15.3. The number of urea groups is 1. The molecule has 0 aromatic heterocycles. The van der Waals surface area contributed by atoms with E-state index < -0.39 is 0 Å². The molecular formula is C19H29N3O2. The van der Waals surface area contributed by atoms with E-state index in [1.807, 2.05) is 55.7 Å². The number of nitrogens with one attached hydrogen (secondary N) is 1. The SMILES string of the molecule is CCN(CC)C(=O)N1CCC(NC(=O)c2ccc(C)c(C)c2)CC1. The molecular weight excluding hydrogens is 302 g/mol. The summed E-state index contributed by atoms with van der Waals surface area (Å²) in [5.41, 5.74) is 3.02. The fourth-order valence-electron chi connectivity index (χ4n) is 3.06. The lowest BCUT2D eigenvalue weighted by Gasteiger charge is -2.35. The number of rotatable bonds is 4. The fraction of sp³-hybridized carbons (Fsp3) is 0.579. The van der Waals surface area contributed by atoms with E-state index in [4.69, 9.17) is 0 Å². The lowest BCUT2D eigenvalue weighted by atomic mass is 10.0. The minimum atomic E-state index is -0.0216. The topological polar surface area (TPSA) is 52.7 Å². The maximum atomic E-state index is 12.4. The van der Waals surface area contributed by atoms with Gasteiger partial charge in [-0.25, -0.2) is 4.79 Å². The highest BCUT2D eigenvalue weighted by Crippen LogP contribution is 2.14. The van der Waals surface area contributed by atoms with E-state index in [0.29, 0.717) is 18.7 Å². The summed E-state index contributed by atoms with van der Waals surface area (Å²) in [7, 11) is 0. The van der Waals surface area contributed by atoms with E-state index in [1.165, 1.54) is 5.56 Å². The number of benzene rings is 1. The predicted molar refractivity (Wildman–Crippen MR) is 96.3 cm³/mol. The van der Waals surface area contributed by atoms with Gasteiger partial charge in [-0.2, -0.15) is 0 Å².